The molecule has 2 aromatic carbocycles. The van der Waals surface area contributed by atoms with Crippen molar-refractivity contribution in [2.75, 3.05) is 5.73 Å². The normalized spacial score (nSPS) is 9.94. The van der Waals surface area contributed by atoms with Crippen molar-refractivity contribution in [3.8, 4) is 0 Å². The summed E-state index contributed by atoms with van der Waals surface area (Å²) >= 11 is 0. The molecule has 16 heavy (non-hydrogen) atoms. The molecule has 2 rings (SSSR count). The van der Waals surface area contributed by atoms with Gasteiger partial charge < -0.3 is 5.73 Å². The number of hydrogen-bond donors (Lipinski definition) is 1. The molecule has 0 bridgehead atoms. The molecule has 0 aromatic heterocycles. The van der Waals surface area contributed by atoms with Gasteiger partial charge in [0.05, 0.1) is 0 Å². The number of fused-ring (bicyclic) bond motifs is 1. The number of nitrogens with zero attached hydrogens (tertiary/aromatic N) is 2. The van der Waals surface area contributed by atoms with Gasteiger partial charge >= 0.3 is 8.22 Å². The van der Waals surface area contributed by atoms with Gasteiger partial charge in [0, 0.05) is 11.1 Å². The van der Waals surface area contributed by atoms with Gasteiger partial charge in [0.2, 0.25) is 0 Å². The van der Waals surface area contributed by atoms with E-state index in [1.807, 2.05) is 30.3 Å². The molecule has 2 N–H and O–H groups in total. The summed E-state index contributed by atoms with van der Waals surface area (Å²) in [5.74, 6) is 0. The van der Waals surface area contributed by atoms with Crippen LogP contribution in [0.3, 0.4) is 0 Å². The quantitative estimate of drug-likeness (QED) is 0.451. The van der Waals surface area contributed by atoms with Crippen molar-refractivity contribution in [3.05, 3.63) is 58.8 Å². The minimum absolute atomic E-state index is 0.632. The van der Waals surface area contributed by atoms with Crippen LogP contribution in [0.25, 0.3) is 20.0 Å². The summed E-state index contributed by atoms with van der Waals surface area (Å²) in [7, 11) is -1.46. The molecule has 0 unspecified atom stereocenters. The zero-order chi connectivity index (χ0) is 11.5. The Kier molecular flexibility index (Phi) is 2.73. The van der Waals surface area contributed by atoms with Gasteiger partial charge in [0.1, 0.15) is 0 Å². The van der Waals surface area contributed by atoms with Gasteiger partial charge in [-0.3, -0.25) is 0 Å². The number of anilines is 1. The lowest BCUT2D eigenvalue weighted by Crippen LogP contribution is -2.01. The minimum atomic E-state index is -1.46. The Labute approximate surface area is 95.0 Å². The van der Waals surface area contributed by atoms with E-state index >= 15 is 0 Å². The molecule has 0 aliphatic rings. The third-order valence-corrected chi connectivity index (χ3v) is 3.50. The molecule has 0 amide bonds. The van der Waals surface area contributed by atoms with Crippen LogP contribution in [0.2, 0.25) is 0 Å². The number of benzene rings is 2. The Morgan fingerprint density at radius 2 is 1.62 bits per heavy atom. The lowest BCUT2D eigenvalue weighted by atomic mass is 10.1. The van der Waals surface area contributed by atoms with Crippen molar-refractivity contribution >= 4 is 30.0 Å². The second-order valence-corrected chi connectivity index (χ2v) is 4.67. The summed E-state index contributed by atoms with van der Waals surface area (Å²) in [5.41, 5.74) is 6.54. The Morgan fingerprint density at radius 3 is 2.25 bits per heavy atom. The number of rotatable bonds is 1. The van der Waals surface area contributed by atoms with Crippen LogP contribution in [0.4, 0.5) is 5.69 Å². The molecule has 0 radical (unpaired) electrons. The summed E-state index contributed by atoms with van der Waals surface area (Å²) in [4.78, 5) is 0. The van der Waals surface area contributed by atoms with E-state index in [4.69, 9.17) is 18.9 Å². The van der Waals surface area contributed by atoms with Crippen molar-refractivity contribution in [2.24, 2.45) is 0 Å². The van der Waals surface area contributed by atoms with Crippen molar-refractivity contribution in [2.45, 2.75) is 0 Å². The van der Waals surface area contributed by atoms with Gasteiger partial charge in [-0.25, -0.2) is 22.4 Å². The SMILES string of the molecule is [C-]#[N+]P([N+]#[C-])c1cccc2cccc(N)c12. The predicted molar refractivity (Wildman–Crippen MR) is 68.1 cm³/mol. The van der Waals surface area contributed by atoms with E-state index in [0.717, 1.165) is 16.1 Å². The fourth-order valence-corrected chi connectivity index (χ4v) is 2.58. The fraction of sp³-hybridized carbons (Fsp3) is 0. The van der Waals surface area contributed by atoms with E-state index in [1.165, 1.54) is 0 Å². The molecule has 0 atom stereocenters. The first-order chi connectivity index (χ1) is 7.77. The average molecular weight is 225 g/mol. The average Bonchev–Trinajstić information content (AvgIpc) is 2.31. The van der Waals surface area contributed by atoms with Crippen LogP contribution in [0.5, 0.6) is 0 Å². The van der Waals surface area contributed by atoms with Gasteiger partial charge in [0.15, 0.2) is 5.30 Å². The van der Waals surface area contributed by atoms with Crippen LogP contribution >= 0.6 is 8.22 Å². The minimum Gasteiger partial charge on any atom is -0.398 e. The molecule has 76 valence electrons. The maximum absolute atomic E-state index is 7.04. The predicted octanol–water partition coefficient (Wildman–Crippen LogP) is 3.20. The molecule has 0 aliphatic heterocycles. The highest BCUT2D eigenvalue weighted by Gasteiger charge is 2.30. The van der Waals surface area contributed by atoms with Crippen LogP contribution in [0.1, 0.15) is 0 Å². The van der Waals surface area contributed by atoms with Crippen molar-refractivity contribution in [3.63, 3.8) is 0 Å². The summed E-state index contributed by atoms with van der Waals surface area (Å²) in [6.07, 6.45) is 0. The van der Waals surface area contributed by atoms with Crippen molar-refractivity contribution in [1.82, 2.24) is 0 Å². The Balaban J connectivity index is 2.82. The molecule has 3 nitrogen and oxygen atoms in total. The smallest absolute Gasteiger partial charge is 0.398 e. The van der Waals surface area contributed by atoms with E-state index in [1.54, 1.807) is 6.07 Å². The van der Waals surface area contributed by atoms with E-state index in [2.05, 4.69) is 9.23 Å². The van der Waals surface area contributed by atoms with Gasteiger partial charge in [-0.15, -0.1) is 0 Å². The highest BCUT2D eigenvalue weighted by molar-refractivity contribution is 7.70. The number of nitrogen functional groups attached to an aromatic ring is 1. The second kappa shape index (κ2) is 4.19. The monoisotopic (exact) mass is 225 g/mol. The van der Waals surface area contributed by atoms with E-state index in [0.29, 0.717) is 5.69 Å². The standard InChI is InChI=1S/C12H8N3P/c1-14-16(15-2)11-8-4-6-9-5-3-7-10(13)12(9)11/h3-8H,13H2. The fourth-order valence-electron chi connectivity index (χ4n) is 1.65. The first-order valence-electron chi connectivity index (χ1n) is 4.60. The second-order valence-electron chi connectivity index (χ2n) is 3.21. The van der Waals surface area contributed by atoms with E-state index in [-0.39, 0.29) is 0 Å². The molecule has 0 fully saturated rings. The van der Waals surface area contributed by atoms with Gasteiger partial charge in [-0.1, -0.05) is 24.3 Å². The Morgan fingerprint density at radius 1 is 1.00 bits per heavy atom. The third kappa shape index (κ3) is 1.58. The molecule has 2 aromatic rings. The molecule has 0 heterocycles. The zero-order valence-corrected chi connectivity index (χ0v) is 9.28. The summed E-state index contributed by atoms with van der Waals surface area (Å²) in [5, 5.41) is 2.59. The molecule has 0 saturated heterocycles. The maximum atomic E-state index is 7.04. The highest BCUT2D eigenvalue weighted by Crippen LogP contribution is 2.41. The van der Waals surface area contributed by atoms with E-state index in [9.17, 15) is 0 Å². The molecule has 4 heteroatoms. The molecule has 0 aliphatic carbocycles. The van der Waals surface area contributed by atoms with Gasteiger partial charge in [-0.2, -0.15) is 0 Å². The molecule has 0 spiro atoms. The van der Waals surface area contributed by atoms with Gasteiger partial charge in [0.25, 0.3) is 0 Å². The zero-order valence-electron chi connectivity index (χ0n) is 8.38. The lowest BCUT2D eigenvalue weighted by Gasteiger charge is -2.02. The largest absolute Gasteiger partial charge is 0.695 e. The van der Waals surface area contributed by atoms with E-state index < -0.39 is 8.22 Å². The molecular formula is C12H8N3P. The first kappa shape index (κ1) is 10.4. The van der Waals surface area contributed by atoms with Crippen LogP contribution in [-0.2, 0) is 0 Å². The van der Waals surface area contributed by atoms with Crippen LogP contribution in [-0.4, -0.2) is 0 Å². The summed E-state index contributed by atoms with van der Waals surface area (Å²) < 4.78 is 6.75. The summed E-state index contributed by atoms with van der Waals surface area (Å²) in [6, 6.07) is 11.2. The number of nitrogens with two attached hydrogens (primary N) is 1. The third-order valence-electron chi connectivity index (χ3n) is 2.32. The topological polar surface area (TPSA) is 34.7 Å². The van der Waals surface area contributed by atoms with Crippen LogP contribution in [0.15, 0.2) is 36.4 Å². The van der Waals surface area contributed by atoms with Crippen molar-refractivity contribution in [1.29, 1.82) is 0 Å². The lowest BCUT2D eigenvalue weighted by molar-refractivity contribution is 1.75. The first-order valence-corrected chi connectivity index (χ1v) is 5.84. The Bertz CT molecular complexity index is 603. The van der Waals surface area contributed by atoms with Crippen molar-refractivity contribution < 1.29 is 0 Å². The maximum Gasteiger partial charge on any atom is 0.695 e. The molecular weight excluding hydrogens is 217 g/mol. The summed E-state index contributed by atoms with van der Waals surface area (Å²) in [6.45, 7) is 14.1. The Hall–Kier alpha value is -2.09. The molecule has 0 saturated carbocycles. The van der Waals surface area contributed by atoms with Gasteiger partial charge in [-0.05, 0) is 17.5 Å². The van der Waals surface area contributed by atoms with Crippen LogP contribution in [0, 0.1) is 13.1 Å². The van der Waals surface area contributed by atoms with Crippen LogP contribution < -0.4 is 11.0 Å². The number of hydrogen-bond acceptors (Lipinski definition) is 1. The highest BCUT2D eigenvalue weighted by atomic mass is 31.1.